The molecule has 0 amide bonds. The van der Waals surface area contributed by atoms with Crippen molar-refractivity contribution in [3.63, 3.8) is 0 Å². The van der Waals surface area contributed by atoms with Gasteiger partial charge in [0.05, 0.1) is 24.6 Å². The molecule has 5 heteroatoms. The van der Waals surface area contributed by atoms with Crippen LogP contribution in [-0.4, -0.2) is 28.1 Å². The number of rotatable bonds is 3. The van der Waals surface area contributed by atoms with E-state index in [0.717, 1.165) is 35.7 Å². The molecule has 0 saturated heterocycles. The summed E-state index contributed by atoms with van der Waals surface area (Å²) in [6.45, 7) is 5.97. The van der Waals surface area contributed by atoms with Crippen LogP contribution in [0, 0.1) is 6.92 Å². The molecule has 5 nitrogen and oxygen atoms in total. The zero-order valence-electron chi connectivity index (χ0n) is 12.4. The number of aromatic nitrogens is 2. The Labute approximate surface area is 124 Å². The van der Waals surface area contributed by atoms with Crippen LogP contribution in [-0.2, 0) is 6.54 Å². The van der Waals surface area contributed by atoms with Gasteiger partial charge in [-0.3, -0.25) is 4.68 Å². The standard InChI is InChI=1S/C16H20N2O3/c1-3-18-13(9-11(2)17-18)16(19)12-5-6-14-15(10-12)21-8-4-7-20-14/h5-6,9-10,16,19H,3-4,7-8H2,1-2H3. The van der Waals surface area contributed by atoms with Gasteiger partial charge in [-0.15, -0.1) is 0 Å². The number of ether oxygens (including phenoxy) is 2. The van der Waals surface area contributed by atoms with Crippen LogP contribution in [0.15, 0.2) is 24.3 Å². The second-order valence-electron chi connectivity index (χ2n) is 5.19. The molecule has 0 fully saturated rings. The lowest BCUT2D eigenvalue weighted by molar-refractivity contribution is 0.207. The molecule has 21 heavy (non-hydrogen) atoms. The minimum Gasteiger partial charge on any atom is -0.490 e. The van der Waals surface area contributed by atoms with E-state index in [0.29, 0.717) is 19.0 Å². The monoisotopic (exact) mass is 288 g/mol. The highest BCUT2D eigenvalue weighted by Gasteiger charge is 2.19. The second-order valence-corrected chi connectivity index (χ2v) is 5.19. The molecule has 1 aliphatic heterocycles. The lowest BCUT2D eigenvalue weighted by Crippen LogP contribution is -2.09. The molecule has 0 bridgehead atoms. The van der Waals surface area contributed by atoms with Gasteiger partial charge >= 0.3 is 0 Å². The van der Waals surface area contributed by atoms with Crippen LogP contribution in [0.5, 0.6) is 11.5 Å². The van der Waals surface area contributed by atoms with E-state index in [1.807, 2.05) is 42.8 Å². The first kappa shape index (κ1) is 13.9. The van der Waals surface area contributed by atoms with E-state index in [1.165, 1.54) is 0 Å². The van der Waals surface area contributed by atoms with E-state index in [1.54, 1.807) is 0 Å². The first-order valence-electron chi connectivity index (χ1n) is 7.31. The maximum Gasteiger partial charge on any atom is 0.161 e. The van der Waals surface area contributed by atoms with Crippen molar-refractivity contribution in [1.29, 1.82) is 0 Å². The minimum absolute atomic E-state index is 0.637. The molecular weight excluding hydrogens is 268 g/mol. The number of aliphatic hydroxyl groups is 1. The Bertz CT molecular complexity index is 636. The van der Waals surface area contributed by atoms with Crippen LogP contribution in [0.1, 0.15) is 36.4 Å². The van der Waals surface area contributed by atoms with Gasteiger partial charge in [0.2, 0.25) is 0 Å². The quantitative estimate of drug-likeness (QED) is 0.942. The summed E-state index contributed by atoms with van der Waals surface area (Å²) in [5, 5.41) is 15.0. The Morgan fingerprint density at radius 1 is 1.24 bits per heavy atom. The highest BCUT2D eigenvalue weighted by molar-refractivity contribution is 5.45. The predicted molar refractivity (Wildman–Crippen MR) is 78.7 cm³/mol. The number of hydrogen-bond donors (Lipinski definition) is 1. The van der Waals surface area contributed by atoms with Crippen LogP contribution in [0.4, 0.5) is 0 Å². The molecule has 2 heterocycles. The molecule has 1 N–H and O–H groups in total. The van der Waals surface area contributed by atoms with Gasteiger partial charge in [0.1, 0.15) is 6.10 Å². The maximum absolute atomic E-state index is 10.6. The number of aliphatic hydroxyl groups excluding tert-OH is 1. The molecule has 1 unspecified atom stereocenters. The zero-order valence-corrected chi connectivity index (χ0v) is 12.4. The van der Waals surface area contributed by atoms with Gasteiger partial charge < -0.3 is 14.6 Å². The van der Waals surface area contributed by atoms with Crippen LogP contribution in [0.3, 0.4) is 0 Å². The SMILES string of the molecule is CCn1nc(C)cc1C(O)c1ccc2c(c1)OCCCO2. The average molecular weight is 288 g/mol. The Morgan fingerprint density at radius 3 is 2.76 bits per heavy atom. The van der Waals surface area contributed by atoms with Crippen LogP contribution in [0.2, 0.25) is 0 Å². The molecule has 0 spiro atoms. The summed E-state index contributed by atoms with van der Waals surface area (Å²) in [6.07, 6.45) is 0.150. The normalized spacial score (nSPS) is 15.6. The van der Waals surface area contributed by atoms with Gasteiger partial charge in [0.15, 0.2) is 11.5 Å². The zero-order chi connectivity index (χ0) is 14.8. The van der Waals surface area contributed by atoms with E-state index in [-0.39, 0.29) is 0 Å². The Balaban J connectivity index is 1.94. The van der Waals surface area contributed by atoms with Crippen molar-refractivity contribution in [3.05, 3.63) is 41.2 Å². The predicted octanol–water partition coefficient (Wildman–Crippen LogP) is 2.45. The van der Waals surface area contributed by atoms with Crippen LogP contribution < -0.4 is 9.47 Å². The third-order valence-corrected chi connectivity index (χ3v) is 3.60. The van der Waals surface area contributed by atoms with Gasteiger partial charge in [0, 0.05) is 13.0 Å². The van der Waals surface area contributed by atoms with E-state index in [4.69, 9.17) is 9.47 Å². The fourth-order valence-electron chi connectivity index (χ4n) is 2.56. The number of fused-ring (bicyclic) bond motifs is 1. The van der Waals surface area contributed by atoms with Crippen molar-refractivity contribution in [3.8, 4) is 11.5 Å². The Kier molecular flexibility index (Phi) is 3.84. The third kappa shape index (κ3) is 2.74. The molecule has 1 aliphatic rings. The van der Waals surface area contributed by atoms with Gasteiger partial charge in [-0.1, -0.05) is 6.07 Å². The Morgan fingerprint density at radius 2 is 2.00 bits per heavy atom. The van der Waals surface area contributed by atoms with E-state index >= 15 is 0 Å². The highest BCUT2D eigenvalue weighted by atomic mass is 16.5. The average Bonchev–Trinajstić information content (AvgIpc) is 2.72. The topological polar surface area (TPSA) is 56.5 Å². The van der Waals surface area contributed by atoms with Crippen molar-refractivity contribution >= 4 is 0 Å². The van der Waals surface area contributed by atoms with Crippen molar-refractivity contribution in [1.82, 2.24) is 9.78 Å². The molecule has 0 aliphatic carbocycles. The van der Waals surface area contributed by atoms with Crippen LogP contribution in [0.25, 0.3) is 0 Å². The van der Waals surface area contributed by atoms with E-state index in [2.05, 4.69) is 5.10 Å². The molecular formula is C16H20N2O3. The van der Waals surface area contributed by atoms with Gasteiger partial charge in [-0.25, -0.2) is 0 Å². The molecule has 1 atom stereocenters. The largest absolute Gasteiger partial charge is 0.490 e. The lowest BCUT2D eigenvalue weighted by atomic mass is 10.1. The smallest absolute Gasteiger partial charge is 0.161 e. The third-order valence-electron chi connectivity index (χ3n) is 3.60. The Hall–Kier alpha value is -2.01. The highest BCUT2D eigenvalue weighted by Crippen LogP contribution is 2.34. The summed E-state index contributed by atoms with van der Waals surface area (Å²) in [7, 11) is 0. The fraction of sp³-hybridized carbons (Fsp3) is 0.438. The summed E-state index contributed by atoms with van der Waals surface area (Å²) < 4.78 is 13.1. The summed E-state index contributed by atoms with van der Waals surface area (Å²) in [4.78, 5) is 0. The van der Waals surface area contributed by atoms with Crippen LogP contribution >= 0.6 is 0 Å². The molecule has 112 valence electrons. The number of aryl methyl sites for hydroxylation is 2. The molecule has 1 aromatic heterocycles. The number of nitrogens with zero attached hydrogens (tertiary/aromatic N) is 2. The summed E-state index contributed by atoms with van der Waals surface area (Å²) in [5.74, 6) is 1.44. The van der Waals surface area contributed by atoms with Crippen molar-refractivity contribution < 1.29 is 14.6 Å². The van der Waals surface area contributed by atoms with E-state index in [9.17, 15) is 5.11 Å². The fourth-order valence-corrected chi connectivity index (χ4v) is 2.56. The van der Waals surface area contributed by atoms with Gasteiger partial charge in [0.25, 0.3) is 0 Å². The summed E-state index contributed by atoms with van der Waals surface area (Å²) in [5.41, 5.74) is 2.48. The number of hydrogen-bond acceptors (Lipinski definition) is 4. The lowest BCUT2D eigenvalue weighted by Gasteiger charge is -2.15. The van der Waals surface area contributed by atoms with Gasteiger partial charge in [-0.2, -0.15) is 5.10 Å². The first-order valence-corrected chi connectivity index (χ1v) is 7.31. The molecule has 3 rings (SSSR count). The second kappa shape index (κ2) is 5.77. The number of benzene rings is 1. The van der Waals surface area contributed by atoms with Gasteiger partial charge in [-0.05, 0) is 37.6 Å². The van der Waals surface area contributed by atoms with Crippen molar-refractivity contribution in [2.24, 2.45) is 0 Å². The summed E-state index contributed by atoms with van der Waals surface area (Å²) >= 11 is 0. The van der Waals surface area contributed by atoms with E-state index < -0.39 is 6.10 Å². The van der Waals surface area contributed by atoms with Crippen molar-refractivity contribution in [2.45, 2.75) is 32.9 Å². The summed E-state index contributed by atoms with van der Waals surface area (Å²) in [6, 6.07) is 7.50. The molecule has 0 saturated carbocycles. The molecule has 2 aromatic rings. The molecule has 0 radical (unpaired) electrons. The first-order chi connectivity index (χ1) is 10.2. The minimum atomic E-state index is -0.719. The molecule has 1 aromatic carbocycles. The maximum atomic E-state index is 10.6. The van der Waals surface area contributed by atoms with Crippen molar-refractivity contribution in [2.75, 3.05) is 13.2 Å².